The predicted molar refractivity (Wildman–Crippen MR) is 47.7 cm³/mol. The van der Waals surface area contributed by atoms with Gasteiger partial charge in [-0.15, -0.1) is 0 Å². The summed E-state index contributed by atoms with van der Waals surface area (Å²) < 4.78 is 0. The molecule has 0 N–H and O–H groups in total. The molecule has 0 unspecified atom stereocenters. The molecule has 0 saturated carbocycles. The van der Waals surface area contributed by atoms with E-state index in [0.29, 0.717) is 5.17 Å². The van der Waals surface area contributed by atoms with E-state index < -0.39 is 0 Å². The largest absolute Gasteiger partial charge is 0.225 e. The van der Waals surface area contributed by atoms with Crippen molar-refractivity contribution in [2.24, 2.45) is 4.99 Å². The summed E-state index contributed by atoms with van der Waals surface area (Å²) >= 11 is 11.0. The Bertz CT molecular complexity index is 192. The van der Waals surface area contributed by atoms with Gasteiger partial charge in [-0.25, -0.2) is 4.99 Å². The van der Waals surface area contributed by atoms with E-state index in [1.165, 1.54) is 0 Å². The van der Waals surface area contributed by atoms with Gasteiger partial charge < -0.3 is 0 Å². The molecule has 0 aliphatic rings. The summed E-state index contributed by atoms with van der Waals surface area (Å²) in [6.45, 7) is 7.11. The van der Waals surface area contributed by atoms with Crippen LogP contribution < -0.4 is 0 Å². The van der Waals surface area contributed by atoms with Crippen molar-refractivity contribution in [3.63, 3.8) is 0 Å². The van der Waals surface area contributed by atoms with Crippen LogP contribution >= 0.6 is 23.2 Å². The van der Waals surface area contributed by atoms with E-state index in [1.54, 1.807) is 0 Å². The second-order valence-electron chi connectivity index (χ2n) is 1.75. The number of rotatable bonds is 2. The van der Waals surface area contributed by atoms with Crippen LogP contribution in [-0.4, -0.2) is 5.17 Å². The molecule has 0 fully saturated rings. The average Bonchev–Trinajstić information content (AvgIpc) is 1.85. The van der Waals surface area contributed by atoms with Crippen molar-refractivity contribution in [1.29, 1.82) is 0 Å². The molecule has 0 aromatic rings. The van der Waals surface area contributed by atoms with E-state index in [2.05, 4.69) is 11.6 Å². The molecule has 0 saturated heterocycles. The topological polar surface area (TPSA) is 12.4 Å². The summed E-state index contributed by atoms with van der Waals surface area (Å²) in [6, 6.07) is 0. The van der Waals surface area contributed by atoms with Crippen LogP contribution in [0.5, 0.6) is 0 Å². The lowest BCUT2D eigenvalue weighted by atomic mass is 10.3. The molecule has 0 bridgehead atoms. The molecule has 0 aliphatic carbocycles. The van der Waals surface area contributed by atoms with Crippen LogP contribution in [0.1, 0.15) is 13.8 Å². The summed E-state index contributed by atoms with van der Waals surface area (Å²) in [5.74, 6) is 0. The maximum absolute atomic E-state index is 5.66. The van der Waals surface area contributed by atoms with Gasteiger partial charge in [-0.3, -0.25) is 0 Å². The van der Waals surface area contributed by atoms with E-state index in [-0.39, 0.29) is 5.16 Å². The molecule has 0 rings (SSSR count). The normalized spacial score (nSPS) is 13.6. The fourth-order valence-electron chi connectivity index (χ4n) is 0.314. The average molecular weight is 178 g/mol. The molecule has 0 aromatic carbocycles. The molecule has 0 spiro atoms. The van der Waals surface area contributed by atoms with Crippen LogP contribution in [0.3, 0.4) is 0 Å². The van der Waals surface area contributed by atoms with Gasteiger partial charge in [0.05, 0.1) is 0 Å². The van der Waals surface area contributed by atoms with Crippen LogP contribution in [0.25, 0.3) is 0 Å². The zero-order chi connectivity index (χ0) is 8.15. The standard InChI is InChI=1S/C7H9Cl2N/c1-4-5(2)7(9)10-6(3)8/h4H,3H2,1-2H3/b5-4-,10-7+. The van der Waals surface area contributed by atoms with Gasteiger partial charge in [-0.05, 0) is 19.4 Å². The molecule has 56 valence electrons. The molecule has 0 aliphatic heterocycles. The summed E-state index contributed by atoms with van der Waals surface area (Å²) in [5, 5.41) is 0.591. The van der Waals surface area contributed by atoms with E-state index >= 15 is 0 Å². The second kappa shape index (κ2) is 4.53. The van der Waals surface area contributed by atoms with Crippen molar-refractivity contribution in [1.82, 2.24) is 0 Å². The van der Waals surface area contributed by atoms with Crippen LogP contribution in [0.15, 0.2) is 28.4 Å². The van der Waals surface area contributed by atoms with Crippen molar-refractivity contribution in [2.45, 2.75) is 13.8 Å². The summed E-state index contributed by atoms with van der Waals surface area (Å²) in [7, 11) is 0. The molecule has 0 heterocycles. The molecule has 1 nitrogen and oxygen atoms in total. The number of hydrogen-bond donors (Lipinski definition) is 0. The van der Waals surface area contributed by atoms with Gasteiger partial charge in [0.25, 0.3) is 0 Å². The van der Waals surface area contributed by atoms with E-state index in [4.69, 9.17) is 23.2 Å². The molecule has 3 heteroatoms. The summed E-state index contributed by atoms with van der Waals surface area (Å²) in [5.41, 5.74) is 0.892. The Labute approximate surface area is 71.1 Å². The highest BCUT2D eigenvalue weighted by molar-refractivity contribution is 6.69. The minimum absolute atomic E-state index is 0.200. The SMILES string of the molecule is C=C(Cl)/N=C(Cl)\C(C)=C/C. The van der Waals surface area contributed by atoms with Crippen molar-refractivity contribution in [3.8, 4) is 0 Å². The van der Waals surface area contributed by atoms with Gasteiger partial charge in [-0.1, -0.05) is 35.9 Å². The first kappa shape index (κ1) is 9.73. The third-order valence-corrected chi connectivity index (χ3v) is 1.45. The Morgan fingerprint density at radius 1 is 1.50 bits per heavy atom. The highest BCUT2D eigenvalue weighted by Crippen LogP contribution is 2.07. The van der Waals surface area contributed by atoms with Crippen molar-refractivity contribution >= 4 is 28.4 Å². The maximum atomic E-state index is 5.66. The van der Waals surface area contributed by atoms with E-state index in [1.807, 2.05) is 19.9 Å². The molecular weight excluding hydrogens is 169 g/mol. The summed E-state index contributed by atoms with van der Waals surface area (Å²) in [6.07, 6.45) is 1.85. The number of aliphatic imine (C=N–C) groups is 1. The lowest BCUT2D eigenvalue weighted by Crippen LogP contribution is -1.87. The molecule has 0 amide bonds. The summed E-state index contributed by atoms with van der Waals surface area (Å²) in [4.78, 5) is 3.73. The monoisotopic (exact) mass is 177 g/mol. The number of hydrogen-bond acceptors (Lipinski definition) is 1. The van der Waals surface area contributed by atoms with Gasteiger partial charge in [0, 0.05) is 0 Å². The molecule has 0 atom stereocenters. The van der Waals surface area contributed by atoms with Crippen LogP contribution in [0.4, 0.5) is 0 Å². The quantitative estimate of drug-likeness (QED) is 0.454. The highest BCUT2D eigenvalue weighted by Gasteiger charge is 1.94. The van der Waals surface area contributed by atoms with Gasteiger partial charge >= 0.3 is 0 Å². The van der Waals surface area contributed by atoms with Gasteiger partial charge in [0.1, 0.15) is 10.3 Å². The first-order valence-electron chi connectivity index (χ1n) is 2.79. The Kier molecular flexibility index (Phi) is 4.41. The van der Waals surface area contributed by atoms with Crippen molar-refractivity contribution < 1.29 is 0 Å². The number of nitrogens with zero attached hydrogens (tertiary/aromatic N) is 1. The smallest absolute Gasteiger partial charge is 0.133 e. The van der Waals surface area contributed by atoms with Gasteiger partial charge in [0.2, 0.25) is 0 Å². The minimum atomic E-state index is 0.200. The van der Waals surface area contributed by atoms with Crippen LogP contribution in [0.2, 0.25) is 0 Å². The fraction of sp³-hybridized carbons (Fsp3) is 0.286. The maximum Gasteiger partial charge on any atom is 0.133 e. The number of halogens is 2. The lowest BCUT2D eigenvalue weighted by molar-refractivity contribution is 1.48. The molecular formula is C7H9Cl2N. The van der Waals surface area contributed by atoms with E-state index in [9.17, 15) is 0 Å². The predicted octanol–water partition coefficient (Wildman–Crippen LogP) is 3.30. The first-order valence-corrected chi connectivity index (χ1v) is 3.55. The van der Waals surface area contributed by atoms with Gasteiger partial charge in [0.15, 0.2) is 0 Å². The Morgan fingerprint density at radius 2 is 2.00 bits per heavy atom. The minimum Gasteiger partial charge on any atom is -0.225 e. The first-order chi connectivity index (χ1) is 4.57. The highest BCUT2D eigenvalue weighted by atomic mass is 35.5. The third kappa shape index (κ3) is 3.70. The van der Waals surface area contributed by atoms with Crippen LogP contribution in [-0.2, 0) is 0 Å². The number of allylic oxidation sites excluding steroid dienone is 2. The van der Waals surface area contributed by atoms with Crippen LogP contribution in [0, 0.1) is 0 Å². The Balaban J connectivity index is 4.35. The van der Waals surface area contributed by atoms with Crippen molar-refractivity contribution in [2.75, 3.05) is 0 Å². The second-order valence-corrected chi connectivity index (χ2v) is 2.54. The Morgan fingerprint density at radius 3 is 2.30 bits per heavy atom. The van der Waals surface area contributed by atoms with Gasteiger partial charge in [-0.2, -0.15) is 0 Å². The zero-order valence-electron chi connectivity index (χ0n) is 5.99. The molecule has 10 heavy (non-hydrogen) atoms. The molecule has 0 radical (unpaired) electrons. The Hall–Kier alpha value is -0.270. The van der Waals surface area contributed by atoms with E-state index in [0.717, 1.165) is 5.57 Å². The third-order valence-electron chi connectivity index (χ3n) is 0.978. The lowest BCUT2D eigenvalue weighted by Gasteiger charge is -1.93. The van der Waals surface area contributed by atoms with Crippen molar-refractivity contribution in [3.05, 3.63) is 23.4 Å². The fourth-order valence-corrected chi connectivity index (χ4v) is 0.653. The zero-order valence-corrected chi connectivity index (χ0v) is 7.50. The molecule has 0 aromatic heterocycles.